The average molecular weight is 417 g/mol. The molecule has 0 bridgehead atoms. The molecule has 4 saturated carbocycles. The molecule has 0 radical (unpaired) electrons. The Morgan fingerprint density at radius 3 is 1.34 bits per heavy atom. The second-order valence-electron chi connectivity index (χ2n) is 12.5. The van der Waals surface area contributed by atoms with E-state index in [1.54, 1.807) is 77.0 Å². The molecule has 4 rings (SSSR count). The van der Waals surface area contributed by atoms with Crippen LogP contribution in [0.25, 0.3) is 0 Å². The smallest absolute Gasteiger partial charge is 0.0541 e. The average Bonchev–Trinajstić information content (AvgIpc) is 3.30. The molecule has 8 atom stereocenters. The van der Waals surface area contributed by atoms with E-state index in [1.165, 1.54) is 36.8 Å². The van der Waals surface area contributed by atoms with Crippen molar-refractivity contribution in [1.82, 2.24) is 0 Å². The summed E-state index contributed by atoms with van der Waals surface area (Å²) in [4.78, 5) is 0. The number of unbranched alkanes of at least 4 members (excludes halogenated alkanes) is 2. The van der Waals surface area contributed by atoms with Gasteiger partial charge in [-0.3, -0.25) is 0 Å². The SMILES string of the molecule is CCCCC1CC([Si](C)(C)C2CC(CCCC)C3CCCCC32)C2CCCCC12. The molecule has 0 amide bonds. The lowest BCUT2D eigenvalue weighted by Crippen LogP contribution is -2.43. The maximum atomic E-state index is 2.91. The number of fused-ring (bicyclic) bond motifs is 2. The van der Waals surface area contributed by atoms with Gasteiger partial charge in [-0.2, -0.15) is 0 Å². The molecule has 0 spiro atoms. The number of hydrogen-bond acceptors (Lipinski definition) is 0. The van der Waals surface area contributed by atoms with E-state index in [9.17, 15) is 0 Å². The van der Waals surface area contributed by atoms with Gasteiger partial charge in [-0.05, 0) is 72.3 Å². The second kappa shape index (κ2) is 9.79. The summed E-state index contributed by atoms with van der Waals surface area (Å²) in [5, 5.41) is 0. The third-order valence-corrected chi connectivity index (χ3v) is 16.0. The van der Waals surface area contributed by atoms with E-state index < -0.39 is 8.07 Å². The van der Waals surface area contributed by atoms with Gasteiger partial charge in [0.1, 0.15) is 0 Å². The minimum Gasteiger partial charge on any atom is -0.0689 e. The molecule has 4 aliphatic carbocycles. The van der Waals surface area contributed by atoms with Crippen LogP contribution in [0.1, 0.15) is 117 Å². The van der Waals surface area contributed by atoms with Crippen LogP contribution < -0.4 is 0 Å². The van der Waals surface area contributed by atoms with Crippen molar-refractivity contribution in [3.8, 4) is 0 Å². The van der Waals surface area contributed by atoms with Crippen LogP contribution in [0.3, 0.4) is 0 Å². The van der Waals surface area contributed by atoms with E-state index in [4.69, 9.17) is 0 Å². The van der Waals surface area contributed by atoms with E-state index in [0.717, 1.165) is 35.5 Å². The summed E-state index contributed by atoms with van der Waals surface area (Å²) in [5.74, 6) is 6.76. The number of hydrogen-bond donors (Lipinski definition) is 0. The van der Waals surface area contributed by atoms with Crippen molar-refractivity contribution in [2.45, 2.75) is 141 Å². The molecular weight excluding hydrogens is 364 g/mol. The standard InChI is InChI=1S/C28H52Si/c1-5-7-13-21-19-27(25-17-11-9-15-23(21)25)29(3,4)28-20-22(14-8-6-2)24-16-10-12-18-26(24)28/h21-28H,5-20H2,1-4H3. The Morgan fingerprint density at radius 2 is 0.966 bits per heavy atom. The van der Waals surface area contributed by atoms with Gasteiger partial charge in [-0.15, -0.1) is 0 Å². The van der Waals surface area contributed by atoms with Crippen LogP contribution >= 0.6 is 0 Å². The quantitative estimate of drug-likeness (QED) is 0.345. The van der Waals surface area contributed by atoms with Crippen LogP contribution in [0.4, 0.5) is 0 Å². The Kier molecular flexibility index (Phi) is 7.56. The summed E-state index contributed by atoms with van der Waals surface area (Å²) in [7, 11) is -1.22. The lowest BCUT2D eigenvalue weighted by molar-refractivity contribution is 0.213. The minimum absolute atomic E-state index is 1.11. The van der Waals surface area contributed by atoms with Crippen LogP contribution in [-0.4, -0.2) is 8.07 Å². The monoisotopic (exact) mass is 416 g/mol. The van der Waals surface area contributed by atoms with Gasteiger partial charge in [0, 0.05) is 0 Å². The van der Waals surface area contributed by atoms with Gasteiger partial charge in [0.25, 0.3) is 0 Å². The molecular formula is C28H52Si. The van der Waals surface area contributed by atoms with Crippen LogP contribution in [-0.2, 0) is 0 Å². The van der Waals surface area contributed by atoms with Crippen molar-refractivity contribution >= 4 is 8.07 Å². The highest BCUT2D eigenvalue weighted by Crippen LogP contribution is 2.64. The fourth-order valence-corrected chi connectivity index (χ4v) is 14.9. The Hall–Kier alpha value is 0.217. The minimum atomic E-state index is -1.22. The molecule has 1 heteroatoms. The Bertz CT molecular complexity index is 466. The maximum Gasteiger partial charge on any atom is 0.0541 e. The maximum absolute atomic E-state index is 2.91. The molecule has 0 N–H and O–H groups in total. The molecule has 4 fully saturated rings. The summed E-state index contributed by atoms with van der Waals surface area (Å²) in [6.45, 7) is 10.6. The van der Waals surface area contributed by atoms with E-state index in [0.29, 0.717) is 0 Å². The third-order valence-electron chi connectivity index (χ3n) is 10.9. The van der Waals surface area contributed by atoms with E-state index >= 15 is 0 Å². The van der Waals surface area contributed by atoms with Crippen molar-refractivity contribution in [3.63, 3.8) is 0 Å². The van der Waals surface area contributed by atoms with Crippen molar-refractivity contribution in [2.75, 3.05) is 0 Å². The van der Waals surface area contributed by atoms with Crippen molar-refractivity contribution in [2.24, 2.45) is 35.5 Å². The first-order valence-electron chi connectivity index (χ1n) is 14.1. The fourth-order valence-electron chi connectivity index (χ4n) is 9.48. The van der Waals surface area contributed by atoms with E-state index in [2.05, 4.69) is 26.9 Å². The van der Waals surface area contributed by atoms with Gasteiger partial charge in [-0.1, -0.05) is 104 Å². The molecule has 4 aliphatic rings. The Balaban J connectivity index is 1.53. The fraction of sp³-hybridized carbons (Fsp3) is 1.00. The molecule has 168 valence electrons. The summed E-state index contributed by atoms with van der Waals surface area (Å²) in [6.07, 6.45) is 24.8. The molecule has 0 aromatic carbocycles. The highest BCUT2D eigenvalue weighted by Gasteiger charge is 2.57. The van der Waals surface area contributed by atoms with Gasteiger partial charge in [-0.25, -0.2) is 0 Å². The predicted molar refractivity (Wildman–Crippen MR) is 131 cm³/mol. The zero-order valence-corrected chi connectivity index (χ0v) is 21.4. The lowest BCUT2D eigenvalue weighted by Gasteiger charge is -2.45. The van der Waals surface area contributed by atoms with Crippen molar-refractivity contribution < 1.29 is 0 Å². The molecule has 29 heavy (non-hydrogen) atoms. The zero-order chi connectivity index (χ0) is 20.4. The number of rotatable bonds is 8. The van der Waals surface area contributed by atoms with Gasteiger partial charge in [0.05, 0.1) is 8.07 Å². The van der Waals surface area contributed by atoms with Crippen LogP contribution in [0.5, 0.6) is 0 Å². The zero-order valence-electron chi connectivity index (χ0n) is 20.4. The first kappa shape index (κ1) is 22.4. The molecule has 0 aromatic rings. The molecule has 8 unspecified atom stereocenters. The van der Waals surface area contributed by atoms with E-state index in [-0.39, 0.29) is 0 Å². The first-order chi connectivity index (χ1) is 14.1. The summed E-state index contributed by atoms with van der Waals surface area (Å²) in [5.41, 5.74) is 2.35. The Labute approximate surface area is 184 Å². The van der Waals surface area contributed by atoms with Crippen molar-refractivity contribution in [1.29, 1.82) is 0 Å². The van der Waals surface area contributed by atoms with Crippen molar-refractivity contribution in [3.05, 3.63) is 0 Å². The molecule has 0 saturated heterocycles. The van der Waals surface area contributed by atoms with Gasteiger partial charge in [0.2, 0.25) is 0 Å². The molecule has 0 nitrogen and oxygen atoms in total. The molecule has 0 aliphatic heterocycles. The van der Waals surface area contributed by atoms with Crippen LogP contribution in [0.15, 0.2) is 0 Å². The highest BCUT2D eigenvalue weighted by atomic mass is 28.3. The summed E-state index contributed by atoms with van der Waals surface area (Å²) < 4.78 is 0. The topological polar surface area (TPSA) is 0 Å². The van der Waals surface area contributed by atoms with Gasteiger partial charge in [0.15, 0.2) is 0 Å². The lowest BCUT2D eigenvalue weighted by atomic mass is 9.76. The molecule has 0 aromatic heterocycles. The second-order valence-corrected chi connectivity index (χ2v) is 17.7. The molecule has 0 heterocycles. The summed E-state index contributed by atoms with van der Waals surface area (Å²) >= 11 is 0. The van der Waals surface area contributed by atoms with Gasteiger partial charge < -0.3 is 0 Å². The Morgan fingerprint density at radius 1 is 0.586 bits per heavy atom. The largest absolute Gasteiger partial charge is 0.0689 e. The van der Waals surface area contributed by atoms with Gasteiger partial charge >= 0.3 is 0 Å². The predicted octanol–water partition coefficient (Wildman–Crippen LogP) is 9.47. The summed E-state index contributed by atoms with van der Waals surface area (Å²) in [6, 6.07) is 0. The third kappa shape index (κ3) is 4.42. The van der Waals surface area contributed by atoms with Crippen LogP contribution in [0, 0.1) is 35.5 Å². The van der Waals surface area contributed by atoms with E-state index in [1.807, 2.05) is 0 Å². The van der Waals surface area contributed by atoms with Crippen LogP contribution in [0.2, 0.25) is 24.2 Å². The first-order valence-corrected chi connectivity index (χ1v) is 17.2. The highest BCUT2D eigenvalue weighted by molar-refractivity contribution is 6.80. The normalized spacial score (nSPS) is 42.6.